The third-order valence-corrected chi connectivity index (χ3v) is 3.06. The molecule has 0 aliphatic carbocycles. The first kappa shape index (κ1) is 14.0. The molecule has 2 rings (SSSR count). The number of aryl methyl sites for hydroxylation is 1. The van der Waals surface area contributed by atoms with Gasteiger partial charge < -0.3 is 15.7 Å². The van der Waals surface area contributed by atoms with Crippen LogP contribution >= 0.6 is 0 Å². The van der Waals surface area contributed by atoms with E-state index < -0.39 is 12.0 Å². The van der Waals surface area contributed by atoms with Crippen molar-refractivity contribution in [1.82, 2.24) is 10.6 Å². The minimum Gasteiger partial charge on any atom is -0.478 e. The van der Waals surface area contributed by atoms with Gasteiger partial charge in [-0.15, -0.1) is 0 Å². The predicted octanol–water partition coefficient (Wildman–Crippen LogP) is -0.280. The van der Waals surface area contributed by atoms with Crippen molar-refractivity contribution >= 4 is 23.5 Å². The molecule has 0 spiro atoms. The van der Waals surface area contributed by atoms with Crippen LogP contribution < -0.4 is 16.0 Å². The van der Waals surface area contributed by atoms with Crippen LogP contribution in [-0.4, -0.2) is 42.0 Å². The van der Waals surface area contributed by atoms with Gasteiger partial charge in [-0.05, 0) is 30.7 Å². The van der Waals surface area contributed by atoms with E-state index in [0.717, 1.165) is 0 Å². The first-order chi connectivity index (χ1) is 9.47. The Bertz CT molecular complexity index is 561. The summed E-state index contributed by atoms with van der Waals surface area (Å²) in [4.78, 5) is 33.8. The number of anilines is 1. The van der Waals surface area contributed by atoms with E-state index in [1.807, 2.05) is 0 Å². The lowest BCUT2D eigenvalue weighted by Crippen LogP contribution is -2.56. The zero-order valence-electron chi connectivity index (χ0n) is 10.9. The summed E-state index contributed by atoms with van der Waals surface area (Å²) in [6.07, 6.45) is 0. The molecule has 1 fully saturated rings. The maximum Gasteiger partial charge on any atom is 0.335 e. The van der Waals surface area contributed by atoms with Crippen LogP contribution in [0.1, 0.15) is 15.9 Å². The zero-order valence-corrected chi connectivity index (χ0v) is 10.9. The number of piperazine rings is 1. The summed E-state index contributed by atoms with van der Waals surface area (Å²) < 4.78 is 0. The number of hydrogen-bond donors (Lipinski definition) is 4. The van der Waals surface area contributed by atoms with Crippen LogP contribution in [0.2, 0.25) is 0 Å². The highest BCUT2D eigenvalue weighted by atomic mass is 16.4. The number of carboxylic acid groups (broad SMARTS) is 1. The second-order valence-corrected chi connectivity index (χ2v) is 4.56. The van der Waals surface area contributed by atoms with Gasteiger partial charge in [-0.3, -0.25) is 14.9 Å². The van der Waals surface area contributed by atoms with E-state index in [4.69, 9.17) is 5.11 Å². The Labute approximate surface area is 115 Å². The van der Waals surface area contributed by atoms with E-state index in [1.165, 1.54) is 12.1 Å². The number of carboxylic acids is 1. The van der Waals surface area contributed by atoms with E-state index in [2.05, 4.69) is 16.0 Å². The molecule has 0 saturated carbocycles. The fourth-order valence-electron chi connectivity index (χ4n) is 1.91. The molecule has 7 nitrogen and oxygen atoms in total. The highest BCUT2D eigenvalue weighted by Gasteiger charge is 2.24. The molecule has 4 N–H and O–H groups in total. The molecule has 1 aliphatic rings. The molecule has 1 saturated heterocycles. The summed E-state index contributed by atoms with van der Waals surface area (Å²) in [5, 5.41) is 17.0. The summed E-state index contributed by atoms with van der Waals surface area (Å²) in [5.74, 6) is -1.42. The SMILES string of the molecule is Cc1cc(C(=O)O)ccc1NC(=O)C1CNC(=O)CN1. The normalized spacial score (nSPS) is 18.2. The Morgan fingerprint density at radius 3 is 2.70 bits per heavy atom. The Kier molecular flexibility index (Phi) is 3.99. The topological polar surface area (TPSA) is 108 Å². The molecule has 0 bridgehead atoms. The molecule has 1 unspecified atom stereocenters. The standard InChI is InChI=1S/C13H15N3O4/c1-7-4-8(13(19)20)2-3-9(7)16-12(18)10-5-15-11(17)6-14-10/h2-4,10,14H,5-6H2,1H3,(H,15,17)(H,16,18)(H,19,20). The average molecular weight is 277 g/mol. The molecule has 1 aliphatic heterocycles. The fourth-order valence-corrected chi connectivity index (χ4v) is 1.91. The average Bonchev–Trinajstić information content (AvgIpc) is 2.41. The van der Waals surface area contributed by atoms with E-state index in [0.29, 0.717) is 11.3 Å². The lowest BCUT2D eigenvalue weighted by atomic mass is 10.1. The third-order valence-electron chi connectivity index (χ3n) is 3.06. The van der Waals surface area contributed by atoms with Crippen LogP contribution in [0.25, 0.3) is 0 Å². The quantitative estimate of drug-likeness (QED) is 0.608. The molecule has 20 heavy (non-hydrogen) atoms. The van der Waals surface area contributed by atoms with Crippen molar-refractivity contribution < 1.29 is 19.5 Å². The molecule has 2 amide bonds. The zero-order chi connectivity index (χ0) is 14.7. The van der Waals surface area contributed by atoms with Gasteiger partial charge in [-0.25, -0.2) is 4.79 Å². The van der Waals surface area contributed by atoms with Gasteiger partial charge in [0.1, 0.15) is 6.04 Å². The van der Waals surface area contributed by atoms with Crippen LogP contribution in [0.3, 0.4) is 0 Å². The Morgan fingerprint density at radius 2 is 2.15 bits per heavy atom. The number of rotatable bonds is 3. The van der Waals surface area contributed by atoms with Gasteiger partial charge in [0.05, 0.1) is 12.1 Å². The molecule has 106 valence electrons. The number of nitrogens with one attached hydrogen (secondary N) is 3. The lowest BCUT2D eigenvalue weighted by molar-refractivity contribution is -0.124. The van der Waals surface area contributed by atoms with Gasteiger partial charge in [-0.1, -0.05) is 0 Å². The second-order valence-electron chi connectivity index (χ2n) is 4.56. The van der Waals surface area contributed by atoms with Crippen molar-refractivity contribution in [3.8, 4) is 0 Å². The summed E-state index contributed by atoms with van der Waals surface area (Å²) in [6, 6.07) is 3.99. The largest absolute Gasteiger partial charge is 0.478 e. The Balaban J connectivity index is 2.04. The Hall–Kier alpha value is -2.41. The van der Waals surface area contributed by atoms with Crippen LogP contribution in [0.5, 0.6) is 0 Å². The third kappa shape index (κ3) is 3.12. The summed E-state index contributed by atoms with van der Waals surface area (Å²) in [7, 11) is 0. The van der Waals surface area contributed by atoms with Crippen LogP contribution in [-0.2, 0) is 9.59 Å². The van der Waals surface area contributed by atoms with Gasteiger partial charge in [0.2, 0.25) is 11.8 Å². The van der Waals surface area contributed by atoms with E-state index in [9.17, 15) is 14.4 Å². The van der Waals surface area contributed by atoms with Gasteiger partial charge in [-0.2, -0.15) is 0 Å². The highest BCUT2D eigenvalue weighted by molar-refractivity contribution is 5.97. The van der Waals surface area contributed by atoms with Crippen molar-refractivity contribution in [2.24, 2.45) is 0 Å². The summed E-state index contributed by atoms with van der Waals surface area (Å²) in [6.45, 7) is 2.06. The van der Waals surface area contributed by atoms with Crippen molar-refractivity contribution in [3.63, 3.8) is 0 Å². The second kappa shape index (κ2) is 5.70. The number of benzene rings is 1. The smallest absolute Gasteiger partial charge is 0.335 e. The number of carbonyl (C=O) groups is 3. The molecule has 1 atom stereocenters. The van der Waals surface area contributed by atoms with E-state index in [1.54, 1.807) is 13.0 Å². The van der Waals surface area contributed by atoms with Crippen LogP contribution in [0.15, 0.2) is 18.2 Å². The maximum absolute atomic E-state index is 12.0. The maximum atomic E-state index is 12.0. The van der Waals surface area contributed by atoms with Crippen LogP contribution in [0, 0.1) is 6.92 Å². The van der Waals surface area contributed by atoms with E-state index in [-0.39, 0.29) is 30.5 Å². The molecule has 1 heterocycles. The van der Waals surface area contributed by atoms with Gasteiger partial charge in [0.15, 0.2) is 0 Å². The monoisotopic (exact) mass is 277 g/mol. The van der Waals surface area contributed by atoms with Gasteiger partial charge in [0, 0.05) is 12.2 Å². The van der Waals surface area contributed by atoms with Crippen molar-refractivity contribution in [2.45, 2.75) is 13.0 Å². The van der Waals surface area contributed by atoms with Crippen molar-refractivity contribution in [1.29, 1.82) is 0 Å². The van der Waals surface area contributed by atoms with Crippen LogP contribution in [0.4, 0.5) is 5.69 Å². The lowest BCUT2D eigenvalue weighted by Gasteiger charge is -2.23. The first-order valence-electron chi connectivity index (χ1n) is 6.12. The first-order valence-corrected chi connectivity index (χ1v) is 6.12. The number of carbonyl (C=O) groups excluding carboxylic acids is 2. The minimum atomic E-state index is -1.01. The molecule has 1 aromatic rings. The van der Waals surface area contributed by atoms with E-state index >= 15 is 0 Å². The molecular formula is C13H15N3O4. The fraction of sp³-hybridized carbons (Fsp3) is 0.308. The van der Waals surface area contributed by atoms with Gasteiger partial charge >= 0.3 is 5.97 Å². The number of amides is 2. The minimum absolute atomic E-state index is 0.106. The molecular weight excluding hydrogens is 262 g/mol. The summed E-state index contributed by atoms with van der Waals surface area (Å²) >= 11 is 0. The highest BCUT2D eigenvalue weighted by Crippen LogP contribution is 2.17. The van der Waals surface area contributed by atoms with Gasteiger partial charge in [0.25, 0.3) is 0 Å². The Morgan fingerprint density at radius 1 is 1.40 bits per heavy atom. The summed E-state index contributed by atoms with van der Waals surface area (Å²) in [5.41, 5.74) is 1.39. The number of aromatic carboxylic acids is 1. The van der Waals surface area contributed by atoms with Crippen molar-refractivity contribution in [3.05, 3.63) is 29.3 Å². The molecule has 0 aromatic heterocycles. The molecule has 1 aromatic carbocycles. The van der Waals surface area contributed by atoms with Crippen molar-refractivity contribution in [2.75, 3.05) is 18.4 Å². The molecule has 7 heteroatoms. The number of hydrogen-bond acceptors (Lipinski definition) is 4. The predicted molar refractivity (Wildman–Crippen MR) is 71.6 cm³/mol. The molecule has 0 radical (unpaired) electrons.